The molecule has 1 aliphatic rings. The highest BCUT2D eigenvalue weighted by molar-refractivity contribution is 6.30. The molecule has 1 amide bonds. The van der Waals surface area contributed by atoms with E-state index in [-0.39, 0.29) is 6.09 Å². The molecule has 0 atom stereocenters. The number of benzene rings is 1. The van der Waals surface area contributed by atoms with Crippen LogP contribution < -0.4 is 0 Å². The summed E-state index contributed by atoms with van der Waals surface area (Å²) in [6.07, 6.45) is 1.15. The minimum Gasteiger partial charge on any atom is -0.444 e. The Morgan fingerprint density at radius 3 is 2.39 bits per heavy atom. The lowest BCUT2D eigenvalue weighted by Gasteiger charge is -2.30. The quantitative estimate of drug-likeness (QED) is 0.774. The monoisotopic (exact) mass is 338 g/mol. The second kappa shape index (κ2) is 7.68. The van der Waals surface area contributed by atoms with E-state index in [4.69, 9.17) is 21.2 Å². The Balaban J connectivity index is 1.75. The van der Waals surface area contributed by atoms with Crippen molar-refractivity contribution in [3.05, 3.63) is 34.9 Å². The molecule has 0 spiro atoms. The van der Waals surface area contributed by atoms with E-state index in [1.54, 1.807) is 4.90 Å². The standard InChI is InChI=1S/C17H23ClN2O3/c1-17(2,3)23-16(21)20-10-8-15(9-11-20)19-22-12-13-4-6-14(18)7-5-13/h4-7H,8-12H2,1-3H3. The molecule has 0 bridgehead atoms. The topological polar surface area (TPSA) is 51.1 Å². The van der Waals surface area contributed by atoms with Gasteiger partial charge in [-0.15, -0.1) is 0 Å². The van der Waals surface area contributed by atoms with Crippen LogP contribution in [0.25, 0.3) is 0 Å². The molecule has 126 valence electrons. The Bertz CT molecular complexity index is 554. The fourth-order valence-electron chi connectivity index (χ4n) is 2.14. The largest absolute Gasteiger partial charge is 0.444 e. The van der Waals surface area contributed by atoms with Crippen LogP contribution in [0.2, 0.25) is 5.02 Å². The van der Waals surface area contributed by atoms with E-state index in [0.29, 0.717) is 37.6 Å². The zero-order chi connectivity index (χ0) is 16.9. The number of ether oxygens (including phenoxy) is 1. The summed E-state index contributed by atoms with van der Waals surface area (Å²) in [4.78, 5) is 19.1. The first-order valence-corrected chi connectivity index (χ1v) is 8.11. The molecule has 1 fully saturated rings. The van der Waals surface area contributed by atoms with E-state index in [9.17, 15) is 4.79 Å². The maximum absolute atomic E-state index is 12.0. The predicted octanol–water partition coefficient (Wildman–Crippen LogP) is 4.24. The molecule has 0 aliphatic carbocycles. The Labute approximate surface area is 142 Å². The third-order valence-corrected chi connectivity index (χ3v) is 3.58. The Morgan fingerprint density at radius 1 is 1.22 bits per heavy atom. The van der Waals surface area contributed by atoms with Crippen molar-refractivity contribution < 1.29 is 14.4 Å². The average molecular weight is 339 g/mol. The van der Waals surface area contributed by atoms with Gasteiger partial charge in [0, 0.05) is 31.0 Å². The second-order valence-corrected chi connectivity index (χ2v) is 6.96. The Kier molecular flexibility index (Phi) is 5.88. The fraction of sp³-hybridized carbons (Fsp3) is 0.529. The number of carbonyl (C=O) groups is 1. The molecule has 2 rings (SSSR count). The van der Waals surface area contributed by atoms with Gasteiger partial charge in [-0.05, 0) is 38.5 Å². The van der Waals surface area contributed by atoms with Gasteiger partial charge in [0.15, 0.2) is 0 Å². The van der Waals surface area contributed by atoms with E-state index in [0.717, 1.165) is 11.3 Å². The summed E-state index contributed by atoms with van der Waals surface area (Å²) in [6, 6.07) is 7.47. The molecule has 1 aromatic carbocycles. The SMILES string of the molecule is CC(C)(C)OC(=O)N1CCC(=NOCc2ccc(Cl)cc2)CC1. The molecule has 0 N–H and O–H groups in total. The van der Waals surface area contributed by atoms with Gasteiger partial charge in [0.25, 0.3) is 0 Å². The summed E-state index contributed by atoms with van der Waals surface area (Å²) in [6.45, 7) is 7.23. The molecule has 0 saturated carbocycles. The molecular weight excluding hydrogens is 316 g/mol. The number of piperidine rings is 1. The lowest BCUT2D eigenvalue weighted by molar-refractivity contribution is 0.0246. The van der Waals surface area contributed by atoms with Crippen molar-refractivity contribution in [2.75, 3.05) is 13.1 Å². The number of nitrogens with zero attached hydrogens (tertiary/aromatic N) is 2. The lowest BCUT2D eigenvalue weighted by atomic mass is 10.1. The van der Waals surface area contributed by atoms with Crippen molar-refractivity contribution in [1.29, 1.82) is 0 Å². The number of rotatable bonds is 3. The smallest absolute Gasteiger partial charge is 0.410 e. The molecule has 0 radical (unpaired) electrons. The van der Waals surface area contributed by atoms with Gasteiger partial charge >= 0.3 is 6.09 Å². The van der Waals surface area contributed by atoms with Crippen LogP contribution in [0, 0.1) is 0 Å². The first-order chi connectivity index (χ1) is 10.8. The van der Waals surface area contributed by atoms with E-state index >= 15 is 0 Å². The molecule has 0 unspecified atom stereocenters. The first-order valence-electron chi connectivity index (χ1n) is 7.73. The maximum atomic E-state index is 12.0. The van der Waals surface area contributed by atoms with Gasteiger partial charge in [-0.3, -0.25) is 0 Å². The highest BCUT2D eigenvalue weighted by Crippen LogP contribution is 2.15. The second-order valence-electron chi connectivity index (χ2n) is 6.52. The van der Waals surface area contributed by atoms with Crippen LogP contribution in [-0.4, -0.2) is 35.4 Å². The van der Waals surface area contributed by atoms with Crippen LogP contribution in [0.4, 0.5) is 4.79 Å². The normalized spacial score (nSPS) is 15.3. The summed E-state index contributed by atoms with van der Waals surface area (Å²) in [7, 11) is 0. The highest BCUT2D eigenvalue weighted by atomic mass is 35.5. The van der Waals surface area contributed by atoms with Crippen molar-refractivity contribution in [2.45, 2.75) is 45.8 Å². The molecule has 1 heterocycles. The van der Waals surface area contributed by atoms with Crippen LogP contribution in [0.15, 0.2) is 29.4 Å². The molecule has 0 aromatic heterocycles. The van der Waals surface area contributed by atoms with Gasteiger partial charge < -0.3 is 14.5 Å². The van der Waals surface area contributed by atoms with Crippen molar-refractivity contribution in [2.24, 2.45) is 5.16 Å². The number of oxime groups is 1. The van der Waals surface area contributed by atoms with Crippen molar-refractivity contribution in [1.82, 2.24) is 4.90 Å². The van der Waals surface area contributed by atoms with E-state index in [2.05, 4.69) is 5.16 Å². The number of amides is 1. The van der Waals surface area contributed by atoms with Crippen molar-refractivity contribution in [3.8, 4) is 0 Å². The molecule has 1 aromatic rings. The first kappa shape index (κ1) is 17.6. The van der Waals surface area contributed by atoms with Gasteiger partial charge in [0.05, 0.1) is 5.71 Å². The summed E-state index contributed by atoms with van der Waals surface area (Å²) in [5, 5.41) is 4.88. The lowest BCUT2D eigenvalue weighted by Crippen LogP contribution is -2.41. The number of carbonyl (C=O) groups excluding carboxylic acids is 1. The van der Waals surface area contributed by atoms with Gasteiger partial charge in [-0.1, -0.05) is 28.9 Å². The van der Waals surface area contributed by atoms with E-state index < -0.39 is 5.60 Å². The molecule has 1 saturated heterocycles. The van der Waals surface area contributed by atoms with Crippen molar-refractivity contribution in [3.63, 3.8) is 0 Å². The minimum atomic E-state index is -0.465. The summed E-state index contributed by atoms with van der Waals surface area (Å²) in [5.74, 6) is 0. The Hall–Kier alpha value is -1.75. The number of likely N-dealkylation sites (tertiary alicyclic amines) is 1. The molecule has 1 aliphatic heterocycles. The van der Waals surface area contributed by atoms with Crippen LogP contribution in [-0.2, 0) is 16.2 Å². The van der Waals surface area contributed by atoms with Gasteiger partial charge in [0.2, 0.25) is 0 Å². The Morgan fingerprint density at radius 2 is 1.83 bits per heavy atom. The predicted molar refractivity (Wildman–Crippen MR) is 90.7 cm³/mol. The van der Waals surface area contributed by atoms with Crippen LogP contribution >= 0.6 is 11.6 Å². The van der Waals surface area contributed by atoms with Crippen LogP contribution in [0.3, 0.4) is 0 Å². The van der Waals surface area contributed by atoms with Gasteiger partial charge in [-0.2, -0.15) is 0 Å². The summed E-state index contributed by atoms with van der Waals surface area (Å²) < 4.78 is 5.37. The minimum absolute atomic E-state index is 0.265. The zero-order valence-corrected chi connectivity index (χ0v) is 14.6. The number of hydrogen-bond donors (Lipinski definition) is 0. The molecule has 5 nitrogen and oxygen atoms in total. The number of hydrogen-bond acceptors (Lipinski definition) is 4. The van der Waals surface area contributed by atoms with Gasteiger partial charge in [-0.25, -0.2) is 4.79 Å². The maximum Gasteiger partial charge on any atom is 0.410 e. The molecule has 6 heteroatoms. The zero-order valence-electron chi connectivity index (χ0n) is 13.8. The third kappa shape index (κ3) is 6.10. The van der Waals surface area contributed by atoms with E-state index in [1.807, 2.05) is 45.0 Å². The van der Waals surface area contributed by atoms with Crippen LogP contribution in [0.5, 0.6) is 0 Å². The van der Waals surface area contributed by atoms with Crippen LogP contribution in [0.1, 0.15) is 39.2 Å². The van der Waals surface area contributed by atoms with E-state index in [1.165, 1.54) is 0 Å². The fourth-order valence-corrected chi connectivity index (χ4v) is 2.27. The third-order valence-electron chi connectivity index (χ3n) is 3.33. The number of halogens is 1. The highest BCUT2D eigenvalue weighted by Gasteiger charge is 2.25. The van der Waals surface area contributed by atoms with Crippen molar-refractivity contribution >= 4 is 23.4 Å². The molecular formula is C17H23ClN2O3. The van der Waals surface area contributed by atoms with Gasteiger partial charge in [0.1, 0.15) is 12.2 Å². The average Bonchev–Trinajstić information content (AvgIpc) is 2.48. The molecule has 23 heavy (non-hydrogen) atoms. The summed E-state index contributed by atoms with van der Waals surface area (Å²) >= 11 is 5.84. The summed E-state index contributed by atoms with van der Waals surface area (Å²) in [5.41, 5.74) is 1.52.